The van der Waals surface area contributed by atoms with Crippen LogP contribution in [0.3, 0.4) is 0 Å². The van der Waals surface area contributed by atoms with Crippen molar-refractivity contribution in [1.29, 1.82) is 0 Å². The second-order valence-corrected chi connectivity index (χ2v) is 3.37. The third-order valence-corrected chi connectivity index (χ3v) is 1.97. The lowest BCUT2D eigenvalue weighted by Crippen LogP contribution is -2.38. The number of nitrogens with one attached hydrogen (secondary N) is 1. The highest BCUT2D eigenvalue weighted by Gasteiger charge is 2.33. The summed E-state index contributed by atoms with van der Waals surface area (Å²) in [5.41, 5.74) is -1.54. The number of hydrogen-bond donors (Lipinski definition) is 1. The van der Waals surface area contributed by atoms with Crippen LogP contribution < -0.4 is 5.32 Å². The number of nitrogens with zero attached hydrogens (tertiary/aromatic N) is 3. The quantitative estimate of drug-likeness (QED) is 0.733. The van der Waals surface area contributed by atoms with Gasteiger partial charge in [0.25, 0.3) is 5.91 Å². The highest BCUT2D eigenvalue weighted by molar-refractivity contribution is 6.18. The maximum Gasteiger partial charge on any atom is 0.434 e. The minimum atomic E-state index is -4.66. The predicted molar refractivity (Wildman–Crippen MR) is 51.3 cm³/mol. The fourth-order valence-corrected chi connectivity index (χ4v) is 1.24. The van der Waals surface area contributed by atoms with Crippen molar-refractivity contribution in [1.82, 2.24) is 15.3 Å². The van der Waals surface area contributed by atoms with Crippen molar-refractivity contribution in [3.05, 3.63) is 23.8 Å². The Morgan fingerprint density at radius 2 is 1.94 bits per heavy atom. The van der Waals surface area contributed by atoms with E-state index < -0.39 is 30.1 Å². The van der Waals surface area contributed by atoms with Crippen molar-refractivity contribution in [2.24, 2.45) is 4.99 Å². The van der Waals surface area contributed by atoms with Crippen LogP contribution in [0.25, 0.3) is 0 Å². The molecule has 0 radical (unpaired) electrons. The van der Waals surface area contributed by atoms with Gasteiger partial charge in [0.2, 0.25) is 5.91 Å². The van der Waals surface area contributed by atoms with Crippen LogP contribution in [0.4, 0.5) is 13.2 Å². The van der Waals surface area contributed by atoms with E-state index in [0.29, 0.717) is 6.20 Å². The molecule has 2 amide bonds. The number of amidine groups is 1. The monoisotopic (exact) mass is 258 g/mol. The van der Waals surface area contributed by atoms with Crippen LogP contribution in [-0.4, -0.2) is 27.6 Å². The molecule has 0 spiro atoms. The van der Waals surface area contributed by atoms with Crippen molar-refractivity contribution in [3.63, 3.8) is 0 Å². The topological polar surface area (TPSA) is 84.3 Å². The van der Waals surface area contributed by atoms with Gasteiger partial charge in [0.05, 0.1) is 12.4 Å². The van der Waals surface area contributed by atoms with E-state index in [9.17, 15) is 22.8 Å². The van der Waals surface area contributed by atoms with E-state index in [0.717, 1.165) is 6.20 Å². The molecule has 1 aromatic heterocycles. The normalized spacial score (nSPS) is 16.3. The molecule has 0 fully saturated rings. The smallest absolute Gasteiger partial charge is 0.308 e. The average molecular weight is 258 g/mol. The van der Waals surface area contributed by atoms with Crippen molar-refractivity contribution in [3.8, 4) is 0 Å². The fourth-order valence-electron chi connectivity index (χ4n) is 1.24. The van der Waals surface area contributed by atoms with Crippen LogP contribution >= 0.6 is 0 Å². The van der Waals surface area contributed by atoms with Gasteiger partial charge in [-0.05, 0) is 0 Å². The number of carbonyl (C=O) groups is 2. The van der Waals surface area contributed by atoms with E-state index in [2.05, 4.69) is 20.3 Å². The Kier molecular flexibility index (Phi) is 2.81. The van der Waals surface area contributed by atoms with E-state index in [1.807, 2.05) is 0 Å². The number of carbonyl (C=O) groups excluding carboxylic acids is 2. The second kappa shape index (κ2) is 4.17. The highest BCUT2D eigenvalue weighted by Crippen LogP contribution is 2.26. The lowest BCUT2D eigenvalue weighted by Gasteiger charge is -2.12. The fraction of sp³-hybridized carbons (Fsp3) is 0.222. The number of hydrogen-bond acceptors (Lipinski definition) is 4. The molecule has 0 atom stereocenters. The summed E-state index contributed by atoms with van der Waals surface area (Å²) in [6.45, 7) is 0. The van der Waals surface area contributed by atoms with Crippen molar-refractivity contribution in [2.45, 2.75) is 12.6 Å². The van der Waals surface area contributed by atoms with E-state index in [4.69, 9.17) is 0 Å². The molecule has 0 saturated heterocycles. The Bertz CT molecular complexity index is 553. The van der Waals surface area contributed by atoms with Gasteiger partial charge >= 0.3 is 6.18 Å². The summed E-state index contributed by atoms with van der Waals surface area (Å²) in [7, 11) is 0. The SMILES string of the molecule is O=C1CC(=O)NC(c2cncc(C(F)(F)F)n2)=N1. The molecule has 0 bridgehead atoms. The molecule has 1 aliphatic heterocycles. The molecule has 1 N–H and O–H groups in total. The van der Waals surface area contributed by atoms with E-state index in [1.54, 1.807) is 0 Å². The summed E-state index contributed by atoms with van der Waals surface area (Å²) in [6, 6.07) is 0. The zero-order valence-corrected chi connectivity index (χ0v) is 8.65. The number of alkyl halides is 3. The van der Waals surface area contributed by atoms with Gasteiger partial charge in [0.15, 0.2) is 11.5 Å². The minimum absolute atomic E-state index is 0.314. The Morgan fingerprint density at radius 1 is 1.22 bits per heavy atom. The van der Waals surface area contributed by atoms with Crippen LogP contribution in [0.15, 0.2) is 17.4 Å². The first-order chi connectivity index (χ1) is 8.36. The van der Waals surface area contributed by atoms with Gasteiger partial charge < -0.3 is 5.32 Å². The highest BCUT2D eigenvalue weighted by atomic mass is 19.4. The van der Waals surface area contributed by atoms with Gasteiger partial charge in [-0.3, -0.25) is 14.6 Å². The number of rotatable bonds is 1. The molecule has 0 aliphatic carbocycles. The van der Waals surface area contributed by atoms with Crippen LogP contribution in [-0.2, 0) is 15.8 Å². The number of aromatic nitrogens is 2. The molecule has 94 valence electrons. The van der Waals surface area contributed by atoms with E-state index >= 15 is 0 Å². The zero-order valence-electron chi connectivity index (χ0n) is 8.65. The summed E-state index contributed by atoms with van der Waals surface area (Å²) >= 11 is 0. The predicted octanol–water partition coefficient (Wildman–Crippen LogP) is 0.289. The molecule has 0 saturated carbocycles. The molecule has 0 unspecified atom stereocenters. The molecule has 2 rings (SSSR count). The Labute approximate surface area is 98.0 Å². The number of amides is 2. The third kappa shape index (κ3) is 2.50. The van der Waals surface area contributed by atoms with Crippen molar-refractivity contribution < 1.29 is 22.8 Å². The molecule has 0 aromatic carbocycles. The molecule has 1 aliphatic rings. The second-order valence-electron chi connectivity index (χ2n) is 3.37. The summed E-state index contributed by atoms with van der Waals surface area (Å²) in [4.78, 5) is 32.1. The maximum atomic E-state index is 12.4. The molecular formula is C9H5F3N4O2. The summed E-state index contributed by atoms with van der Waals surface area (Å²) in [5.74, 6) is -1.72. The zero-order chi connectivity index (χ0) is 13.3. The van der Waals surface area contributed by atoms with Crippen LogP contribution in [0, 0.1) is 0 Å². The third-order valence-electron chi connectivity index (χ3n) is 1.97. The maximum absolute atomic E-state index is 12.4. The van der Waals surface area contributed by atoms with Gasteiger partial charge in [-0.25, -0.2) is 4.98 Å². The summed E-state index contributed by atoms with van der Waals surface area (Å²) in [5, 5.41) is 2.16. The Hall–Kier alpha value is -2.32. The van der Waals surface area contributed by atoms with Crippen LogP contribution in [0.5, 0.6) is 0 Å². The minimum Gasteiger partial charge on any atom is -0.308 e. The van der Waals surface area contributed by atoms with Gasteiger partial charge in [0, 0.05) is 0 Å². The molecule has 2 heterocycles. The molecule has 18 heavy (non-hydrogen) atoms. The summed E-state index contributed by atoms with van der Waals surface area (Å²) < 4.78 is 37.2. The first-order valence-corrected chi connectivity index (χ1v) is 4.67. The van der Waals surface area contributed by atoms with E-state index in [1.165, 1.54) is 0 Å². The first kappa shape index (κ1) is 12.1. The Balaban J connectivity index is 2.40. The molecule has 1 aromatic rings. The van der Waals surface area contributed by atoms with Gasteiger partial charge in [-0.2, -0.15) is 18.2 Å². The average Bonchev–Trinajstić information content (AvgIpc) is 2.27. The standard InChI is InChI=1S/C9H5F3N4O2/c10-9(11,12)5-3-13-2-4(14-5)8-15-6(17)1-7(18)16-8/h2-3H,1H2,(H,15,16,17,18). The van der Waals surface area contributed by atoms with Crippen molar-refractivity contribution in [2.75, 3.05) is 0 Å². The van der Waals surface area contributed by atoms with E-state index in [-0.39, 0.29) is 11.5 Å². The van der Waals surface area contributed by atoms with Crippen LogP contribution in [0.1, 0.15) is 17.8 Å². The largest absolute Gasteiger partial charge is 0.434 e. The lowest BCUT2D eigenvalue weighted by molar-refractivity contribution is -0.141. The van der Waals surface area contributed by atoms with Crippen LogP contribution in [0.2, 0.25) is 0 Å². The number of aliphatic imine (C=N–C) groups is 1. The first-order valence-electron chi connectivity index (χ1n) is 4.67. The molecular weight excluding hydrogens is 253 g/mol. The van der Waals surface area contributed by atoms with Gasteiger partial charge in [0.1, 0.15) is 12.1 Å². The molecule has 9 heteroatoms. The van der Waals surface area contributed by atoms with Gasteiger partial charge in [-0.15, -0.1) is 0 Å². The molecule has 6 nitrogen and oxygen atoms in total. The van der Waals surface area contributed by atoms with Gasteiger partial charge in [-0.1, -0.05) is 0 Å². The number of halogens is 3. The summed E-state index contributed by atoms with van der Waals surface area (Å²) in [6.07, 6.45) is -3.58. The Morgan fingerprint density at radius 3 is 2.56 bits per heavy atom. The lowest BCUT2D eigenvalue weighted by atomic mass is 10.3. The van der Waals surface area contributed by atoms with Crippen molar-refractivity contribution >= 4 is 17.6 Å².